The lowest BCUT2D eigenvalue weighted by Crippen LogP contribution is -2.34. The summed E-state index contributed by atoms with van der Waals surface area (Å²) in [7, 11) is 3.75. The minimum Gasteiger partial charge on any atom is -0.477 e. The third-order valence-electron chi connectivity index (χ3n) is 3.81. The van der Waals surface area contributed by atoms with Gasteiger partial charge in [-0.05, 0) is 13.5 Å². The molecule has 0 radical (unpaired) electrons. The number of carboxylic acids is 1. The highest BCUT2D eigenvalue weighted by atomic mass is 16.4. The first kappa shape index (κ1) is 15.0. The van der Waals surface area contributed by atoms with Gasteiger partial charge in [0.1, 0.15) is 0 Å². The number of hydrazine groups is 1. The second-order valence-corrected chi connectivity index (χ2v) is 5.05. The van der Waals surface area contributed by atoms with Crippen molar-refractivity contribution in [1.29, 1.82) is 0 Å². The monoisotopic (exact) mass is 281 g/mol. The van der Waals surface area contributed by atoms with E-state index in [0.717, 1.165) is 30.6 Å². The Hall–Kier alpha value is -1.44. The number of aromatic nitrogens is 2. The van der Waals surface area contributed by atoms with E-state index >= 15 is 0 Å². The third-order valence-corrected chi connectivity index (χ3v) is 3.81. The van der Waals surface area contributed by atoms with Gasteiger partial charge in [0.15, 0.2) is 5.69 Å². The number of aromatic carboxylic acids is 1. The summed E-state index contributed by atoms with van der Waals surface area (Å²) in [5.41, 5.74) is 5.14. The van der Waals surface area contributed by atoms with E-state index in [-0.39, 0.29) is 6.04 Å². The van der Waals surface area contributed by atoms with Gasteiger partial charge in [0.05, 0.1) is 12.2 Å². The molecule has 0 aromatic carbocycles. The number of rotatable bonds is 6. The Morgan fingerprint density at radius 2 is 2.40 bits per heavy atom. The van der Waals surface area contributed by atoms with E-state index in [0.29, 0.717) is 18.8 Å². The molecule has 1 aliphatic rings. The van der Waals surface area contributed by atoms with Crippen LogP contribution in [0.15, 0.2) is 0 Å². The van der Waals surface area contributed by atoms with E-state index in [1.54, 1.807) is 4.68 Å². The molecule has 0 bridgehead atoms. The fraction of sp³-hybridized carbons (Fsp3) is 0.692. The molecule has 7 heteroatoms. The number of likely N-dealkylation sites (N-methyl/N-ethyl adjacent to an activating group) is 1. The van der Waals surface area contributed by atoms with Crippen LogP contribution in [0, 0.1) is 0 Å². The predicted molar refractivity (Wildman–Crippen MR) is 75.6 cm³/mol. The van der Waals surface area contributed by atoms with Crippen LogP contribution >= 0.6 is 0 Å². The highest BCUT2D eigenvalue weighted by Crippen LogP contribution is 2.28. The van der Waals surface area contributed by atoms with Gasteiger partial charge in [-0.25, -0.2) is 9.80 Å². The maximum absolute atomic E-state index is 11.6. The first-order valence-corrected chi connectivity index (χ1v) is 7.03. The maximum atomic E-state index is 11.6. The van der Waals surface area contributed by atoms with Crippen molar-refractivity contribution in [2.24, 2.45) is 0 Å². The zero-order valence-corrected chi connectivity index (χ0v) is 12.3. The summed E-state index contributed by atoms with van der Waals surface area (Å²) in [5.74, 6) is -0.895. The topological polar surface area (TPSA) is 82.4 Å². The van der Waals surface area contributed by atoms with Gasteiger partial charge in [-0.2, -0.15) is 5.10 Å². The number of hydrogen-bond donors (Lipinski definition) is 3. The summed E-state index contributed by atoms with van der Waals surface area (Å²) in [6.07, 6.45) is 1.66. The zero-order chi connectivity index (χ0) is 14.7. The Balaban J connectivity index is 2.33. The van der Waals surface area contributed by atoms with Gasteiger partial charge in [0.2, 0.25) is 0 Å². The molecule has 112 valence electrons. The van der Waals surface area contributed by atoms with Gasteiger partial charge >= 0.3 is 5.97 Å². The fourth-order valence-corrected chi connectivity index (χ4v) is 2.64. The number of hydrogen-bond acceptors (Lipinski definition) is 5. The minimum atomic E-state index is -0.895. The summed E-state index contributed by atoms with van der Waals surface area (Å²) in [6.45, 7) is 4.17. The summed E-state index contributed by atoms with van der Waals surface area (Å²) in [4.78, 5) is 11.6. The summed E-state index contributed by atoms with van der Waals surface area (Å²) >= 11 is 0. The largest absolute Gasteiger partial charge is 0.477 e. The van der Waals surface area contributed by atoms with Crippen LogP contribution in [0.2, 0.25) is 0 Å². The van der Waals surface area contributed by atoms with Crippen molar-refractivity contribution in [1.82, 2.24) is 25.5 Å². The molecule has 0 aliphatic carbocycles. The molecular formula is C13H23N5O2. The molecule has 2 heterocycles. The zero-order valence-electron chi connectivity index (χ0n) is 12.3. The molecular weight excluding hydrogens is 258 g/mol. The van der Waals surface area contributed by atoms with Crippen molar-refractivity contribution < 1.29 is 9.90 Å². The lowest BCUT2D eigenvalue weighted by Gasteiger charge is -2.22. The van der Waals surface area contributed by atoms with Crippen molar-refractivity contribution in [2.45, 2.75) is 32.4 Å². The summed E-state index contributed by atoms with van der Waals surface area (Å²) < 4.78 is 1.64. The average Bonchev–Trinajstić information content (AvgIpc) is 2.82. The van der Waals surface area contributed by atoms with Crippen LogP contribution in [0.5, 0.6) is 0 Å². The lowest BCUT2D eigenvalue weighted by molar-refractivity contribution is 0.0679. The molecule has 7 nitrogen and oxygen atoms in total. The highest BCUT2D eigenvalue weighted by molar-refractivity contribution is 5.88. The molecule has 1 unspecified atom stereocenters. The number of nitrogens with zero attached hydrogens (tertiary/aromatic N) is 3. The van der Waals surface area contributed by atoms with Crippen LogP contribution < -0.4 is 10.7 Å². The molecule has 0 saturated carbocycles. The highest BCUT2D eigenvalue weighted by Gasteiger charge is 2.30. The van der Waals surface area contributed by atoms with Crippen LogP contribution in [0.3, 0.4) is 0 Å². The van der Waals surface area contributed by atoms with E-state index in [4.69, 9.17) is 0 Å². The molecule has 3 N–H and O–H groups in total. The molecule has 0 fully saturated rings. The van der Waals surface area contributed by atoms with Gasteiger partial charge < -0.3 is 10.4 Å². The van der Waals surface area contributed by atoms with E-state index in [2.05, 4.69) is 22.8 Å². The maximum Gasteiger partial charge on any atom is 0.354 e. The van der Waals surface area contributed by atoms with Crippen molar-refractivity contribution >= 4 is 5.97 Å². The van der Waals surface area contributed by atoms with E-state index in [1.165, 1.54) is 0 Å². The molecule has 0 amide bonds. The van der Waals surface area contributed by atoms with Gasteiger partial charge in [-0.1, -0.05) is 6.92 Å². The first-order valence-electron chi connectivity index (χ1n) is 7.03. The van der Waals surface area contributed by atoms with Gasteiger partial charge in [-0.3, -0.25) is 10.1 Å². The average molecular weight is 281 g/mol. The predicted octanol–water partition coefficient (Wildman–Crippen LogP) is 0.244. The Morgan fingerprint density at radius 1 is 1.65 bits per heavy atom. The molecule has 1 aromatic heterocycles. The molecule has 20 heavy (non-hydrogen) atoms. The number of carbonyl (C=O) groups is 1. The smallest absolute Gasteiger partial charge is 0.354 e. The van der Waals surface area contributed by atoms with E-state index in [1.807, 2.05) is 19.1 Å². The van der Waals surface area contributed by atoms with Crippen LogP contribution in [-0.4, -0.2) is 53.1 Å². The number of nitrogens with one attached hydrogen (secondary N) is 2. The standard InChI is InChI=1S/C13H23N5O2/c1-4-9-11-10(5-6-15-9)16-18(12(11)13(19)20)8-7-17(3)14-2/h9,14-15H,4-8H2,1-3H3,(H,19,20). The molecule has 1 atom stereocenters. The van der Waals surface area contributed by atoms with Crippen LogP contribution in [0.1, 0.15) is 41.1 Å². The SMILES string of the molecule is CCC1NCCc2nn(CCN(C)NC)c(C(=O)O)c21. The Labute approximate surface area is 118 Å². The van der Waals surface area contributed by atoms with Crippen molar-refractivity contribution in [3.63, 3.8) is 0 Å². The van der Waals surface area contributed by atoms with Crippen molar-refractivity contribution in [3.05, 3.63) is 17.0 Å². The number of fused-ring (bicyclic) bond motifs is 1. The van der Waals surface area contributed by atoms with E-state index in [9.17, 15) is 9.90 Å². The van der Waals surface area contributed by atoms with Gasteiger partial charge in [-0.15, -0.1) is 0 Å². The summed E-state index contributed by atoms with van der Waals surface area (Å²) in [6, 6.07) is 0.0978. The van der Waals surface area contributed by atoms with Crippen LogP contribution in [-0.2, 0) is 13.0 Å². The molecule has 1 aliphatic heterocycles. The second kappa shape index (κ2) is 6.34. The Morgan fingerprint density at radius 3 is 3.00 bits per heavy atom. The number of carboxylic acid groups (broad SMARTS) is 1. The Kier molecular flexibility index (Phi) is 4.74. The lowest BCUT2D eigenvalue weighted by atomic mass is 9.96. The van der Waals surface area contributed by atoms with E-state index < -0.39 is 5.97 Å². The normalized spacial score (nSPS) is 18.3. The molecule has 0 saturated heterocycles. The molecule has 0 spiro atoms. The van der Waals surface area contributed by atoms with Crippen LogP contribution in [0.25, 0.3) is 0 Å². The van der Waals surface area contributed by atoms with Gasteiger partial charge in [0.25, 0.3) is 0 Å². The third kappa shape index (κ3) is 2.84. The fourth-order valence-electron chi connectivity index (χ4n) is 2.64. The molecule has 2 rings (SSSR count). The summed E-state index contributed by atoms with van der Waals surface area (Å²) in [5, 5.41) is 19.3. The van der Waals surface area contributed by atoms with Crippen LogP contribution in [0.4, 0.5) is 0 Å². The van der Waals surface area contributed by atoms with Crippen molar-refractivity contribution in [3.8, 4) is 0 Å². The second-order valence-electron chi connectivity index (χ2n) is 5.05. The van der Waals surface area contributed by atoms with Crippen molar-refractivity contribution in [2.75, 3.05) is 27.2 Å². The van der Waals surface area contributed by atoms with Gasteiger partial charge in [0, 0.05) is 38.2 Å². The first-order chi connectivity index (χ1) is 9.58. The Bertz CT molecular complexity index is 485. The minimum absolute atomic E-state index is 0.0978. The quantitative estimate of drug-likeness (QED) is 0.648. The molecule has 1 aromatic rings.